The highest BCUT2D eigenvalue weighted by Crippen LogP contribution is 2.32. The van der Waals surface area contributed by atoms with Crippen LogP contribution in [0.2, 0.25) is 0 Å². The van der Waals surface area contributed by atoms with Crippen molar-refractivity contribution in [3.63, 3.8) is 0 Å². The van der Waals surface area contributed by atoms with Crippen LogP contribution in [0.1, 0.15) is 23.6 Å². The van der Waals surface area contributed by atoms with Gasteiger partial charge in [0.15, 0.2) is 17.5 Å². The van der Waals surface area contributed by atoms with Crippen molar-refractivity contribution in [2.75, 3.05) is 39.5 Å². The molecule has 7 nitrogen and oxygen atoms in total. The van der Waals surface area contributed by atoms with Crippen molar-refractivity contribution in [2.24, 2.45) is 4.99 Å². The number of nitriles is 1. The summed E-state index contributed by atoms with van der Waals surface area (Å²) >= 11 is 0. The zero-order chi connectivity index (χ0) is 20.8. The number of fused-ring (bicyclic) bond motifs is 1. The largest absolute Gasteiger partial charge is 0.454 e. The Morgan fingerprint density at radius 1 is 1.07 bits per heavy atom. The summed E-state index contributed by atoms with van der Waals surface area (Å²) in [6, 6.07) is 16.0. The Labute approximate surface area is 177 Å². The summed E-state index contributed by atoms with van der Waals surface area (Å²) in [6.07, 6.45) is 0. The van der Waals surface area contributed by atoms with E-state index in [0.29, 0.717) is 18.9 Å². The zero-order valence-electron chi connectivity index (χ0n) is 17.3. The van der Waals surface area contributed by atoms with Crippen molar-refractivity contribution >= 4 is 5.96 Å². The summed E-state index contributed by atoms with van der Waals surface area (Å²) in [5.74, 6) is 2.60. The molecule has 2 heterocycles. The number of guanidine groups is 1. The Bertz CT molecular complexity index is 945. The van der Waals surface area contributed by atoms with Crippen LogP contribution in [0.3, 0.4) is 0 Å². The molecule has 0 unspecified atom stereocenters. The number of piperazine rings is 1. The molecule has 1 N–H and O–H groups in total. The maximum absolute atomic E-state index is 9.08. The van der Waals surface area contributed by atoms with E-state index in [0.717, 1.165) is 62.3 Å². The van der Waals surface area contributed by atoms with E-state index in [1.54, 1.807) is 0 Å². The molecule has 0 saturated carbocycles. The van der Waals surface area contributed by atoms with Crippen LogP contribution in [0.4, 0.5) is 0 Å². The molecule has 0 atom stereocenters. The van der Waals surface area contributed by atoms with E-state index in [-0.39, 0.29) is 0 Å². The number of nitrogens with one attached hydrogen (secondary N) is 1. The van der Waals surface area contributed by atoms with E-state index in [9.17, 15) is 0 Å². The molecule has 1 fully saturated rings. The van der Waals surface area contributed by atoms with Crippen LogP contribution in [0, 0.1) is 11.3 Å². The van der Waals surface area contributed by atoms with E-state index in [1.807, 2.05) is 30.3 Å². The maximum Gasteiger partial charge on any atom is 0.231 e. The summed E-state index contributed by atoms with van der Waals surface area (Å²) in [6.45, 7) is 8.49. The SMILES string of the molecule is CCNC(=NCc1cccc(C#N)c1)N1CCN(Cc2ccc3c(c2)OCO3)CC1. The predicted molar refractivity (Wildman–Crippen MR) is 115 cm³/mol. The molecule has 0 aromatic heterocycles. The number of nitrogens with zero attached hydrogens (tertiary/aromatic N) is 4. The van der Waals surface area contributed by atoms with Crippen molar-refractivity contribution in [1.29, 1.82) is 5.26 Å². The average molecular weight is 406 g/mol. The molecule has 0 radical (unpaired) electrons. The molecule has 2 aliphatic rings. The minimum atomic E-state index is 0.310. The fraction of sp³-hybridized carbons (Fsp3) is 0.391. The van der Waals surface area contributed by atoms with Gasteiger partial charge in [0.05, 0.1) is 18.2 Å². The van der Waals surface area contributed by atoms with Gasteiger partial charge in [-0.15, -0.1) is 0 Å². The van der Waals surface area contributed by atoms with Gasteiger partial charge in [-0.2, -0.15) is 5.26 Å². The molecule has 4 rings (SSSR count). The quantitative estimate of drug-likeness (QED) is 0.609. The number of rotatable bonds is 5. The van der Waals surface area contributed by atoms with Gasteiger partial charge in [-0.1, -0.05) is 18.2 Å². The molecular weight excluding hydrogens is 378 g/mol. The summed E-state index contributed by atoms with van der Waals surface area (Å²) in [7, 11) is 0. The second kappa shape index (κ2) is 9.51. The van der Waals surface area contributed by atoms with Gasteiger partial charge in [-0.05, 0) is 42.3 Å². The number of aliphatic imine (C=N–C) groups is 1. The molecule has 1 saturated heterocycles. The molecule has 0 amide bonds. The molecule has 2 aromatic rings. The van der Waals surface area contributed by atoms with Crippen LogP contribution in [-0.4, -0.2) is 55.3 Å². The summed E-state index contributed by atoms with van der Waals surface area (Å²) < 4.78 is 10.9. The predicted octanol–water partition coefficient (Wildman–Crippen LogP) is 2.57. The number of hydrogen-bond acceptors (Lipinski definition) is 5. The van der Waals surface area contributed by atoms with Gasteiger partial charge in [-0.3, -0.25) is 4.90 Å². The lowest BCUT2D eigenvalue weighted by Crippen LogP contribution is -2.52. The second-order valence-electron chi connectivity index (χ2n) is 7.43. The highest BCUT2D eigenvalue weighted by molar-refractivity contribution is 5.80. The topological polar surface area (TPSA) is 73.1 Å². The first-order valence-corrected chi connectivity index (χ1v) is 10.4. The molecular formula is C23H27N5O2. The van der Waals surface area contributed by atoms with Crippen molar-refractivity contribution in [1.82, 2.24) is 15.1 Å². The third-order valence-electron chi connectivity index (χ3n) is 5.32. The molecule has 2 aliphatic heterocycles. The van der Waals surface area contributed by atoms with Crippen molar-refractivity contribution in [3.8, 4) is 17.6 Å². The average Bonchev–Trinajstić information content (AvgIpc) is 3.25. The summed E-state index contributed by atoms with van der Waals surface area (Å²) in [4.78, 5) is 9.57. The maximum atomic E-state index is 9.08. The third-order valence-corrected chi connectivity index (χ3v) is 5.32. The van der Waals surface area contributed by atoms with Crippen LogP contribution in [-0.2, 0) is 13.1 Å². The van der Waals surface area contributed by atoms with Crippen LogP contribution in [0.5, 0.6) is 11.5 Å². The van der Waals surface area contributed by atoms with Crippen LogP contribution < -0.4 is 14.8 Å². The Morgan fingerprint density at radius 3 is 2.70 bits per heavy atom. The van der Waals surface area contributed by atoms with E-state index >= 15 is 0 Å². The van der Waals surface area contributed by atoms with Crippen LogP contribution >= 0.6 is 0 Å². The molecule has 0 spiro atoms. The van der Waals surface area contributed by atoms with Crippen molar-refractivity contribution < 1.29 is 9.47 Å². The van der Waals surface area contributed by atoms with E-state index in [4.69, 9.17) is 19.7 Å². The first-order chi connectivity index (χ1) is 14.7. The summed E-state index contributed by atoms with van der Waals surface area (Å²) in [5, 5.41) is 12.5. The minimum absolute atomic E-state index is 0.310. The van der Waals surface area contributed by atoms with Gasteiger partial charge in [0, 0.05) is 39.3 Å². The molecule has 30 heavy (non-hydrogen) atoms. The Morgan fingerprint density at radius 2 is 1.90 bits per heavy atom. The number of hydrogen-bond donors (Lipinski definition) is 1. The van der Waals surface area contributed by atoms with Crippen molar-refractivity contribution in [2.45, 2.75) is 20.0 Å². The Kier molecular flexibility index (Phi) is 6.35. The molecule has 2 aromatic carbocycles. The molecule has 156 valence electrons. The third kappa shape index (κ3) is 4.84. The fourth-order valence-corrected chi connectivity index (χ4v) is 3.75. The van der Waals surface area contributed by atoms with Gasteiger partial charge in [0.2, 0.25) is 6.79 Å². The molecule has 7 heteroatoms. The van der Waals surface area contributed by atoms with E-state index < -0.39 is 0 Å². The number of benzene rings is 2. The zero-order valence-corrected chi connectivity index (χ0v) is 17.3. The van der Waals surface area contributed by atoms with Gasteiger partial charge in [-0.25, -0.2) is 4.99 Å². The van der Waals surface area contributed by atoms with Crippen molar-refractivity contribution in [3.05, 3.63) is 59.2 Å². The Balaban J connectivity index is 1.34. The van der Waals surface area contributed by atoms with Gasteiger partial charge in [0.1, 0.15) is 0 Å². The highest BCUT2D eigenvalue weighted by atomic mass is 16.7. The lowest BCUT2D eigenvalue weighted by Gasteiger charge is -2.36. The lowest BCUT2D eigenvalue weighted by atomic mass is 10.1. The van der Waals surface area contributed by atoms with Gasteiger partial charge < -0.3 is 19.7 Å². The van der Waals surface area contributed by atoms with Gasteiger partial charge >= 0.3 is 0 Å². The van der Waals surface area contributed by atoms with E-state index in [1.165, 1.54) is 5.56 Å². The first-order valence-electron chi connectivity index (χ1n) is 10.4. The summed E-state index contributed by atoms with van der Waals surface area (Å²) in [5.41, 5.74) is 2.96. The minimum Gasteiger partial charge on any atom is -0.454 e. The van der Waals surface area contributed by atoms with E-state index in [2.05, 4.69) is 40.2 Å². The van der Waals surface area contributed by atoms with Crippen LogP contribution in [0.25, 0.3) is 0 Å². The van der Waals surface area contributed by atoms with Gasteiger partial charge in [0.25, 0.3) is 0 Å². The molecule has 0 bridgehead atoms. The molecule has 0 aliphatic carbocycles. The monoisotopic (exact) mass is 405 g/mol. The number of ether oxygens (including phenoxy) is 2. The normalized spacial score (nSPS) is 16.4. The second-order valence-corrected chi connectivity index (χ2v) is 7.43. The Hall–Kier alpha value is -3.24. The first kappa shape index (κ1) is 20.0. The smallest absolute Gasteiger partial charge is 0.231 e. The fourth-order valence-electron chi connectivity index (χ4n) is 3.75. The highest BCUT2D eigenvalue weighted by Gasteiger charge is 2.21. The standard InChI is InChI=1S/C23H27N5O2/c1-2-25-23(26-15-19-5-3-4-18(12-19)14-24)28-10-8-27(9-11-28)16-20-6-7-21-22(13-20)30-17-29-21/h3-7,12-13H,2,8-11,15-17H2,1H3,(H,25,26). The lowest BCUT2D eigenvalue weighted by molar-refractivity contribution is 0.171. The van der Waals surface area contributed by atoms with Crippen LogP contribution in [0.15, 0.2) is 47.5 Å².